The Balaban J connectivity index is 0.555. The minimum atomic E-state index is -1.47. The maximum atomic E-state index is 14.5. The average Bonchev–Trinajstić information content (AvgIpc) is 1.56. The highest BCUT2D eigenvalue weighted by molar-refractivity contribution is 6.07. The zero-order chi connectivity index (χ0) is 74.9. The van der Waals surface area contributed by atoms with Gasteiger partial charge in [-0.15, -0.1) is 5.10 Å². The van der Waals surface area contributed by atoms with Gasteiger partial charge in [-0.05, 0) is 144 Å². The number of ether oxygens (including phenoxy) is 5. The molecule has 1 aromatic heterocycles. The Morgan fingerprint density at radius 3 is 1.99 bits per heavy atom. The number of nitrogens with zero attached hydrogens (tertiary/aromatic N) is 7. The summed E-state index contributed by atoms with van der Waals surface area (Å²) in [4.78, 5) is 129. The Morgan fingerprint density at radius 1 is 0.670 bits per heavy atom. The van der Waals surface area contributed by atoms with Crippen molar-refractivity contribution in [2.45, 2.75) is 161 Å². The predicted molar refractivity (Wildman–Crippen MR) is 392 cm³/mol. The van der Waals surface area contributed by atoms with Gasteiger partial charge in [-0.1, -0.05) is 73.7 Å². The molecule has 28 nitrogen and oxygen atoms in total. The van der Waals surface area contributed by atoms with Gasteiger partial charge in [0.2, 0.25) is 35.4 Å². The van der Waals surface area contributed by atoms with Crippen molar-refractivity contribution < 1.29 is 71.9 Å². The van der Waals surface area contributed by atoms with E-state index in [1.807, 2.05) is 85.0 Å². The first-order valence-corrected chi connectivity index (χ1v) is 36.5. The number of aromatic nitrogens is 3. The van der Waals surface area contributed by atoms with Crippen LogP contribution in [-0.2, 0) is 52.2 Å². The summed E-state index contributed by atoms with van der Waals surface area (Å²) in [6.07, 6.45) is 4.91. The lowest BCUT2D eigenvalue weighted by atomic mass is 9.94. The molecule has 0 unspecified atom stereocenters. The number of carbonyl (C=O) groups excluding carboxylic acids is 9. The second-order valence-corrected chi connectivity index (χ2v) is 30.3. The van der Waals surface area contributed by atoms with E-state index in [0.717, 1.165) is 53.2 Å². The fraction of sp³-hybridized carbons (Fsp3) is 0.474. The summed E-state index contributed by atoms with van der Waals surface area (Å²) in [6.45, 7) is 12.5. The molecule has 0 bridgehead atoms. The normalized spacial score (nSPS) is 18.8. The lowest BCUT2D eigenvalue weighted by Gasteiger charge is -2.31. The molecule has 560 valence electrons. The average molecular weight is 1450 g/mol. The number of rotatable bonds is 25. The van der Waals surface area contributed by atoms with Crippen LogP contribution in [0.4, 0.5) is 27.5 Å². The van der Waals surface area contributed by atoms with E-state index in [1.165, 1.54) is 32.9 Å². The maximum Gasteiger partial charge on any atom is 0.416 e. The highest BCUT2D eigenvalue weighted by atomic mass is 16.6. The standard InChI is InChI=1S/C78H93N13O15/c1-45(2)67(84-65(94)40-81-64(93)39-80-63(92)24-25-66(95)87-41-48-16-10-11-17-51(48)69-68(52-18-12-13-19-56(52)87)85-86-91(69)76(4,5)6)71(97)82-46(3)70(96)83-49-22-20-47(21-23-49)42-106-75(101)90-57-35-62(60(103-8)33-54(57)73(99)89-44-78(28-29-78)37-58(89)74(90)100)105-31-15-9-14-30-104-61-34-55-53(32-59(61)102-7)72(98)88-43-77(26-27-77)36-50(88)38-79-55/h10-13,16-23,32-35,45-46,50,58,67,74,79,100H,9,14-15,24-31,36-44H2,1-8H3,(H,80,92)(H,81,93)(H,82,97)(H,83,96)(H,84,94)/t46-,50-,58-,67-,74-/m0/s1. The van der Waals surface area contributed by atoms with Gasteiger partial charge < -0.3 is 75.4 Å². The Kier molecular flexibility index (Phi) is 21.1. The lowest BCUT2D eigenvalue weighted by Crippen LogP contribution is -2.55. The summed E-state index contributed by atoms with van der Waals surface area (Å²) >= 11 is 0. The number of benzene rings is 5. The number of hydrogen-bond donors (Lipinski definition) is 7. The molecule has 0 radical (unpaired) electrons. The van der Waals surface area contributed by atoms with Gasteiger partial charge >= 0.3 is 6.09 Å². The number of methoxy groups -OCH3 is 2. The minimum absolute atomic E-state index is 0.0181. The summed E-state index contributed by atoms with van der Waals surface area (Å²) < 4.78 is 31.8. The Bertz CT molecular complexity index is 4410. The molecule has 2 saturated heterocycles. The van der Waals surface area contributed by atoms with Crippen molar-refractivity contribution in [1.29, 1.82) is 0 Å². The van der Waals surface area contributed by atoms with Gasteiger partial charge in [0.05, 0.1) is 92.5 Å². The SMILES string of the molecule is COc1cc2c(cc1OCCCCCOc1cc3c(cc1OC)C(=O)N1CC4(CC4)C[C@H]1[C@H](O)N3C(=O)OCc1ccc(NC(=O)[C@H](C)NC(=O)[C@@H](NC(=O)CNC(=O)CNC(=O)CCC(=O)N3Cc4ccccc4-c4c(nnn4C(C)(C)C)-c4ccccc43)C(C)C)cc1)NC[C@@H]1CC3(CC3)CN1C2=O. The van der Waals surface area contributed by atoms with Crippen LogP contribution in [0.5, 0.6) is 23.0 Å². The molecule has 7 N–H and O–H groups in total. The van der Waals surface area contributed by atoms with Crippen LogP contribution in [0.15, 0.2) is 97.1 Å². The van der Waals surface area contributed by atoms with Crippen LogP contribution in [0, 0.1) is 16.7 Å². The molecule has 9 amide bonds. The molecule has 4 fully saturated rings. The van der Waals surface area contributed by atoms with Crippen molar-refractivity contribution in [2.75, 3.05) is 80.6 Å². The van der Waals surface area contributed by atoms with Crippen LogP contribution in [0.2, 0.25) is 0 Å². The van der Waals surface area contributed by atoms with Gasteiger partial charge in [-0.3, -0.25) is 38.4 Å². The van der Waals surface area contributed by atoms with Crippen molar-refractivity contribution in [3.8, 4) is 45.5 Å². The van der Waals surface area contributed by atoms with Crippen molar-refractivity contribution in [3.63, 3.8) is 0 Å². The molecular formula is C78H93N13O15. The van der Waals surface area contributed by atoms with E-state index in [1.54, 1.807) is 67.2 Å². The van der Waals surface area contributed by atoms with E-state index in [0.29, 0.717) is 96.1 Å². The largest absolute Gasteiger partial charge is 0.493 e. The van der Waals surface area contributed by atoms with Gasteiger partial charge in [0.25, 0.3) is 11.8 Å². The number of aliphatic hydroxyl groups excluding tert-OH is 1. The van der Waals surface area contributed by atoms with Crippen LogP contribution in [0.3, 0.4) is 0 Å². The lowest BCUT2D eigenvalue weighted by molar-refractivity contribution is -0.132. The molecular weight excluding hydrogens is 1360 g/mol. The number of nitrogens with one attached hydrogen (secondary N) is 6. The third-order valence-electron chi connectivity index (χ3n) is 21.3. The fourth-order valence-electron chi connectivity index (χ4n) is 15.0. The Morgan fingerprint density at radius 2 is 1.30 bits per heavy atom. The fourth-order valence-corrected chi connectivity index (χ4v) is 15.0. The van der Waals surface area contributed by atoms with Gasteiger partial charge in [-0.2, -0.15) is 0 Å². The van der Waals surface area contributed by atoms with Crippen LogP contribution in [0.1, 0.15) is 144 Å². The molecule has 2 aliphatic carbocycles. The third kappa shape index (κ3) is 15.6. The van der Waals surface area contributed by atoms with Gasteiger partial charge in [-0.25, -0.2) is 14.4 Å². The quantitative estimate of drug-likeness (QED) is 0.0266. The van der Waals surface area contributed by atoms with E-state index < -0.39 is 84.5 Å². The summed E-state index contributed by atoms with van der Waals surface area (Å²) in [6, 6.07) is 25.6. The Labute approximate surface area is 614 Å². The first-order chi connectivity index (χ1) is 50.8. The monoisotopic (exact) mass is 1450 g/mol. The number of unbranched alkanes of at least 4 members (excludes halogenated alkanes) is 2. The van der Waals surface area contributed by atoms with E-state index in [-0.39, 0.29) is 84.5 Å². The second-order valence-electron chi connectivity index (χ2n) is 30.3. The summed E-state index contributed by atoms with van der Waals surface area (Å²) in [5, 5.41) is 37.8. The van der Waals surface area contributed by atoms with E-state index in [9.17, 15) is 48.3 Å². The highest BCUT2D eigenvalue weighted by Crippen LogP contribution is 2.58. The number of anilines is 4. The molecule has 2 saturated carbocycles. The zero-order valence-corrected chi connectivity index (χ0v) is 61.1. The number of amides is 9. The first kappa shape index (κ1) is 73.5. The number of carbonyl (C=O) groups is 9. The van der Waals surface area contributed by atoms with Gasteiger partial charge in [0.1, 0.15) is 24.4 Å². The van der Waals surface area contributed by atoms with Crippen molar-refractivity contribution in [3.05, 3.63) is 119 Å². The van der Waals surface area contributed by atoms with Crippen LogP contribution < -0.4 is 60.6 Å². The highest BCUT2D eigenvalue weighted by Gasteiger charge is 2.58. The van der Waals surface area contributed by atoms with Crippen LogP contribution in [0.25, 0.3) is 22.5 Å². The van der Waals surface area contributed by atoms with Gasteiger partial charge in [0.15, 0.2) is 29.2 Å². The van der Waals surface area contributed by atoms with E-state index in [2.05, 4.69) is 42.2 Å². The van der Waals surface area contributed by atoms with Crippen molar-refractivity contribution >= 4 is 76.1 Å². The first-order valence-electron chi connectivity index (χ1n) is 36.5. The van der Waals surface area contributed by atoms with Crippen molar-refractivity contribution in [1.82, 2.24) is 46.1 Å². The minimum Gasteiger partial charge on any atom is -0.493 e. The predicted octanol–water partition coefficient (Wildman–Crippen LogP) is 8.05. The molecule has 28 heteroatoms. The molecule has 106 heavy (non-hydrogen) atoms. The molecule has 2 spiro atoms. The molecule has 6 aromatic rings. The smallest absolute Gasteiger partial charge is 0.416 e. The maximum absolute atomic E-state index is 14.5. The summed E-state index contributed by atoms with van der Waals surface area (Å²) in [5.41, 5.74) is 6.76. The van der Waals surface area contributed by atoms with Crippen LogP contribution in [-0.4, -0.2) is 174 Å². The molecule has 6 heterocycles. The number of aliphatic hydroxyl groups is 1. The Hall–Kier alpha value is -10.8. The number of fused-ring (bicyclic) bond motifs is 9. The topological polar surface area (TPSA) is 336 Å². The molecule has 5 aromatic carbocycles. The number of hydrogen-bond acceptors (Lipinski definition) is 18. The number of para-hydroxylation sites is 1. The van der Waals surface area contributed by atoms with E-state index >= 15 is 0 Å². The zero-order valence-electron chi connectivity index (χ0n) is 61.1. The van der Waals surface area contributed by atoms with Crippen molar-refractivity contribution in [2.24, 2.45) is 16.7 Å². The molecule has 13 rings (SSSR count). The van der Waals surface area contributed by atoms with Gasteiger partial charge in [0, 0.05) is 67.5 Å². The van der Waals surface area contributed by atoms with Crippen LogP contribution >= 0.6 is 0 Å². The summed E-state index contributed by atoms with van der Waals surface area (Å²) in [5.74, 6) is -2.74. The third-order valence-corrected chi connectivity index (χ3v) is 21.3. The van der Waals surface area contributed by atoms with E-state index in [4.69, 9.17) is 23.7 Å². The molecule has 5 aliphatic heterocycles. The molecule has 7 aliphatic rings. The second kappa shape index (κ2) is 30.4. The molecule has 5 atom stereocenters. The summed E-state index contributed by atoms with van der Waals surface area (Å²) in [7, 11) is 3.03.